The van der Waals surface area contributed by atoms with Gasteiger partial charge in [0.25, 0.3) is 11.6 Å². The van der Waals surface area contributed by atoms with Crippen molar-refractivity contribution in [2.75, 3.05) is 24.2 Å². The van der Waals surface area contributed by atoms with Crippen LogP contribution in [0.15, 0.2) is 47.4 Å². The number of nitrogens with two attached hydrogens (primary N) is 1. The van der Waals surface area contributed by atoms with Gasteiger partial charge in [-0.25, -0.2) is 8.42 Å². The molecule has 0 unspecified atom stereocenters. The van der Waals surface area contributed by atoms with Gasteiger partial charge >= 0.3 is 12.1 Å². The van der Waals surface area contributed by atoms with Gasteiger partial charge in [-0.15, -0.1) is 0 Å². The summed E-state index contributed by atoms with van der Waals surface area (Å²) in [5.74, 6) is -2.15. The fourth-order valence-corrected chi connectivity index (χ4v) is 3.24. The smallest absolute Gasteiger partial charge is 0.416 e. The lowest BCUT2D eigenvalue weighted by Gasteiger charge is -2.10. The first kappa shape index (κ1) is 24.5. The minimum atomic E-state index is -4.62. The highest BCUT2D eigenvalue weighted by atomic mass is 32.2. The van der Waals surface area contributed by atoms with Gasteiger partial charge in [0.15, 0.2) is 6.61 Å². The minimum Gasteiger partial charge on any atom is -0.455 e. The molecule has 32 heavy (non-hydrogen) atoms. The van der Waals surface area contributed by atoms with Crippen LogP contribution in [0.25, 0.3) is 0 Å². The first-order valence-corrected chi connectivity index (χ1v) is 9.94. The minimum absolute atomic E-state index is 0.188. The summed E-state index contributed by atoms with van der Waals surface area (Å²) in [7, 11) is -4.35. The zero-order chi connectivity index (χ0) is 24.1. The van der Waals surface area contributed by atoms with E-state index in [1.807, 2.05) is 4.72 Å². The van der Waals surface area contributed by atoms with Crippen molar-refractivity contribution in [1.82, 2.24) is 4.72 Å². The average Bonchev–Trinajstić information content (AvgIpc) is 2.70. The molecule has 2 rings (SSSR count). The number of anilines is 2. The molecule has 2 aromatic rings. The van der Waals surface area contributed by atoms with Gasteiger partial charge in [-0.05, 0) is 30.3 Å². The van der Waals surface area contributed by atoms with Gasteiger partial charge in [0.1, 0.15) is 12.2 Å². The number of hydrogen-bond donors (Lipinski definition) is 3. The second-order valence-corrected chi connectivity index (χ2v) is 7.86. The Morgan fingerprint density at radius 3 is 2.47 bits per heavy atom. The molecule has 172 valence electrons. The van der Waals surface area contributed by atoms with Gasteiger partial charge in [0.2, 0.25) is 10.0 Å². The van der Waals surface area contributed by atoms with Crippen molar-refractivity contribution in [3.8, 4) is 0 Å². The van der Waals surface area contributed by atoms with Gasteiger partial charge < -0.3 is 15.8 Å². The third kappa shape index (κ3) is 6.64. The molecule has 0 spiro atoms. The third-order valence-corrected chi connectivity index (χ3v) is 5.15. The Bertz CT molecular complexity index is 1150. The lowest BCUT2D eigenvalue weighted by atomic mass is 10.2. The number of benzene rings is 2. The van der Waals surface area contributed by atoms with Crippen LogP contribution < -0.4 is 15.8 Å². The number of nitro benzene ring substituents is 1. The van der Waals surface area contributed by atoms with Crippen LogP contribution in [-0.4, -0.2) is 38.4 Å². The predicted octanol–water partition coefficient (Wildman–Crippen LogP) is 1.66. The molecular formula is C17H15F3N4O7S. The fraction of sp³-hybridized carbons (Fsp3) is 0.176. The van der Waals surface area contributed by atoms with E-state index in [2.05, 4.69) is 10.1 Å². The number of alkyl halides is 3. The Morgan fingerprint density at radius 1 is 1.16 bits per heavy atom. The average molecular weight is 476 g/mol. The van der Waals surface area contributed by atoms with Crippen LogP contribution in [0.3, 0.4) is 0 Å². The van der Waals surface area contributed by atoms with E-state index in [-0.39, 0.29) is 11.4 Å². The van der Waals surface area contributed by atoms with Crippen LogP contribution in [0.2, 0.25) is 0 Å². The van der Waals surface area contributed by atoms with Crippen molar-refractivity contribution in [2.45, 2.75) is 11.1 Å². The summed E-state index contributed by atoms with van der Waals surface area (Å²) < 4.78 is 68.7. The molecule has 0 saturated carbocycles. The van der Waals surface area contributed by atoms with E-state index in [1.165, 1.54) is 6.07 Å². The second-order valence-electron chi connectivity index (χ2n) is 6.09. The molecule has 11 nitrogen and oxygen atoms in total. The highest BCUT2D eigenvalue weighted by Gasteiger charge is 2.30. The molecule has 2 aromatic carbocycles. The first-order chi connectivity index (χ1) is 14.8. The topological polar surface area (TPSA) is 171 Å². The monoisotopic (exact) mass is 476 g/mol. The highest BCUT2D eigenvalue weighted by Crippen LogP contribution is 2.30. The SMILES string of the molecule is Nc1ccc(S(=O)(=O)NCC(=O)OCC(=O)Nc2cccc(C(F)(F)F)c2)cc1[N+](=O)[O-]. The summed E-state index contributed by atoms with van der Waals surface area (Å²) in [5, 5.41) is 13.0. The molecule has 0 heterocycles. The Hall–Kier alpha value is -3.72. The quantitative estimate of drug-likeness (QED) is 0.223. The van der Waals surface area contributed by atoms with Crippen molar-refractivity contribution in [3.05, 3.63) is 58.1 Å². The maximum atomic E-state index is 12.7. The van der Waals surface area contributed by atoms with E-state index in [1.54, 1.807) is 0 Å². The van der Waals surface area contributed by atoms with E-state index in [9.17, 15) is 41.3 Å². The van der Waals surface area contributed by atoms with Gasteiger partial charge in [0, 0.05) is 11.8 Å². The van der Waals surface area contributed by atoms with Crippen molar-refractivity contribution >= 4 is 39.0 Å². The summed E-state index contributed by atoms with van der Waals surface area (Å²) in [5.41, 5.74) is 3.28. The van der Waals surface area contributed by atoms with Crippen LogP contribution in [0.1, 0.15) is 5.56 Å². The normalized spacial score (nSPS) is 11.6. The number of esters is 1. The van der Waals surface area contributed by atoms with Crippen molar-refractivity contribution in [3.63, 3.8) is 0 Å². The molecule has 0 aliphatic heterocycles. The van der Waals surface area contributed by atoms with E-state index < -0.39 is 62.3 Å². The van der Waals surface area contributed by atoms with Gasteiger partial charge in [-0.2, -0.15) is 17.9 Å². The standard InChI is InChI=1S/C17H15F3N4O7S/c18-17(19,20)10-2-1-3-11(6-10)23-15(25)9-31-16(26)8-22-32(29,30)12-4-5-13(21)14(7-12)24(27)28/h1-7,22H,8-9,21H2,(H,23,25). The molecule has 0 saturated heterocycles. The first-order valence-electron chi connectivity index (χ1n) is 8.46. The van der Waals surface area contributed by atoms with Crippen LogP contribution in [0.5, 0.6) is 0 Å². The van der Waals surface area contributed by atoms with Crippen LogP contribution in [0, 0.1) is 10.1 Å². The summed E-state index contributed by atoms with van der Waals surface area (Å²) in [4.78, 5) is 32.9. The Morgan fingerprint density at radius 2 is 1.84 bits per heavy atom. The zero-order valence-corrected chi connectivity index (χ0v) is 16.7. The predicted molar refractivity (Wildman–Crippen MR) is 104 cm³/mol. The highest BCUT2D eigenvalue weighted by molar-refractivity contribution is 7.89. The largest absolute Gasteiger partial charge is 0.455 e. The molecule has 4 N–H and O–H groups in total. The fourth-order valence-electron chi connectivity index (χ4n) is 2.25. The Labute approximate surface area is 178 Å². The molecule has 0 aliphatic rings. The number of nitrogens with zero attached hydrogens (tertiary/aromatic N) is 1. The van der Waals surface area contributed by atoms with Crippen LogP contribution in [0.4, 0.5) is 30.2 Å². The summed E-state index contributed by atoms with van der Waals surface area (Å²) >= 11 is 0. The number of carbonyl (C=O) groups is 2. The number of nitrogens with one attached hydrogen (secondary N) is 2. The molecule has 15 heteroatoms. The number of sulfonamides is 1. The zero-order valence-electron chi connectivity index (χ0n) is 15.9. The van der Waals surface area contributed by atoms with Crippen molar-refractivity contribution < 1.29 is 40.8 Å². The summed E-state index contributed by atoms with van der Waals surface area (Å²) in [6.45, 7) is -1.82. The number of carbonyl (C=O) groups excluding carboxylic acids is 2. The Balaban J connectivity index is 1.90. The number of rotatable bonds is 8. The van der Waals surface area contributed by atoms with Crippen molar-refractivity contribution in [2.24, 2.45) is 0 Å². The molecule has 0 aliphatic carbocycles. The lowest BCUT2D eigenvalue weighted by molar-refractivity contribution is -0.384. The molecule has 1 amide bonds. The lowest BCUT2D eigenvalue weighted by Crippen LogP contribution is -2.32. The van der Waals surface area contributed by atoms with Crippen LogP contribution in [-0.2, 0) is 30.5 Å². The van der Waals surface area contributed by atoms with E-state index in [4.69, 9.17) is 5.73 Å². The van der Waals surface area contributed by atoms with Gasteiger partial charge in [-0.1, -0.05) is 6.07 Å². The number of nitro groups is 1. The summed E-state index contributed by atoms with van der Waals surface area (Å²) in [6, 6.07) is 6.43. The third-order valence-electron chi connectivity index (χ3n) is 3.75. The number of amides is 1. The van der Waals surface area contributed by atoms with Crippen LogP contribution >= 0.6 is 0 Å². The Kier molecular flexibility index (Phi) is 7.37. The van der Waals surface area contributed by atoms with Crippen molar-refractivity contribution in [1.29, 1.82) is 0 Å². The molecule has 0 bridgehead atoms. The number of hydrogen-bond acceptors (Lipinski definition) is 8. The van der Waals surface area contributed by atoms with E-state index in [0.29, 0.717) is 12.1 Å². The summed E-state index contributed by atoms with van der Waals surface area (Å²) in [6.07, 6.45) is -4.62. The molecule has 0 fully saturated rings. The molecule has 0 atom stereocenters. The molecule has 0 aromatic heterocycles. The number of nitrogen functional groups attached to an aromatic ring is 1. The van der Waals surface area contributed by atoms with E-state index in [0.717, 1.165) is 24.3 Å². The molecular weight excluding hydrogens is 461 g/mol. The number of halogens is 3. The van der Waals surface area contributed by atoms with Gasteiger partial charge in [0.05, 0.1) is 15.4 Å². The second kappa shape index (κ2) is 9.61. The maximum Gasteiger partial charge on any atom is 0.416 e. The maximum absolute atomic E-state index is 12.7. The number of ether oxygens (including phenoxy) is 1. The molecule has 0 radical (unpaired) electrons. The van der Waals surface area contributed by atoms with Gasteiger partial charge in [-0.3, -0.25) is 19.7 Å². The van der Waals surface area contributed by atoms with E-state index >= 15 is 0 Å².